The monoisotopic (exact) mass is 611 g/mol. The Morgan fingerprint density at radius 2 is 1.90 bits per heavy atom. The van der Waals surface area contributed by atoms with Gasteiger partial charge in [0, 0.05) is 30.0 Å². The number of nitrogens with zero attached hydrogens (tertiary/aromatic N) is 5. The zero-order chi connectivity index (χ0) is 29.6. The van der Waals surface area contributed by atoms with E-state index >= 15 is 0 Å². The fourth-order valence-electron chi connectivity index (χ4n) is 5.67. The van der Waals surface area contributed by atoms with E-state index in [0.29, 0.717) is 5.56 Å². The Morgan fingerprint density at radius 1 is 1.17 bits per heavy atom. The predicted octanol–water partition coefficient (Wildman–Crippen LogP) is 4.98. The first-order valence-corrected chi connectivity index (χ1v) is 13.8. The second-order valence-corrected chi connectivity index (χ2v) is 10.9. The van der Waals surface area contributed by atoms with Crippen LogP contribution < -0.4 is 0 Å². The van der Waals surface area contributed by atoms with E-state index in [2.05, 4.69) is 21.4 Å². The molecule has 0 N–H and O–H groups in total. The Bertz CT molecular complexity index is 1650. The van der Waals surface area contributed by atoms with E-state index in [0.717, 1.165) is 23.3 Å². The van der Waals surface area contributed by atoms with Crippen LogP contribution >= 0.6 is 24.2 Å². The standard InChI is InChI=1S/C29H24ClF2N5O4S/c1-15-8-18(21(11-33)34-12-15)29(37-13-22(35-36-37)17-9-19(31)24(30)20(32)10-17)25-23(40-28(42)26(29)38-2)14-39-27(41-25)16-6-4-3-5-7-16/h3-10,12-13,23,25-28,42H,14H2,1-2H3/t23-,25+,26+,27?,28-,29?/m1/s1. The predicted molar refractivity (Wildman–Crippen MR) is 150 cm³/mol. The van der Waals surface area contributed by atoms with E-state index in [1.807, 2.05) is 37.3 Å². The fraction of sp³-hybridized carbons (Fsp3) is 0.310. The van der Waals surface area contributed by atoms with Crippen LogP contribution in [-0.2, 0) is 24.5 Å². The topological polar surface area (TPSA) is 104 Å². The average Bonchev–Trinajstić information content (AvgIpc) is 3.50. The number of aryl methyl sites for hydroxylation is 1. The largest absolute Gasteiger partial charge is 0.375 e. The molecule has 4 aromatic rings. The highest BCUT2D eigenvalue weighted by atomic mass is 35.5. The van der Waals surface area contributed by atoms with E-state index in [4.69, 9.17) is 43.2 Å². The van der Waals surface area contributed by atoms with Crippen molar-refractivity contribution in [3.05, 3.63) is 100.0 Å². The molecule has 6 rings (SSSR count). The number of thiol groups is 1. The molecule has 2 aliphatic heterocycles. The van der Waals surface area contributed by atoms with E-state index in [-0.39, 0.29) is 23.6 Å². The first kappa shape index (κ1) is 28.7. The van der Waals surface area contributed by atoms with Crippen molar-refractivity contribution in [2.45, 2.75) is 42.5 Å². The Hall–Kier alpha value is -3.44. The van der Waals surface area contributed by atoms with Gasteiger partial charge in [0.2, 0.25) is 0 Å². The molecular formula is C29H24ClF2N5O4S. The molecule has 2 aliphatic rings. The summed E-state index contributed by atoms with van der Waals surface area (Å²) in [7, 11) is 1.48. The maximum absolute atomic E-state index is 14.4. The van der Waals surface area contributed by atoms with Gasteiger partial charge in [0.05, 0.1) is 12.8 Å². The van der Waals surface area contributed by atoms with Crippen LogP contribution in [0.1, 0.15) is 28.7 Å². The zero-order valence-electron chi connectivity index (χ0n) is 22.3. The van der Waals surface area contributed by atoms with Crippen LogP contribution in [0.5, 0.6) is 0 Å². The third-order valence-corrected chi connectivity index (χ3v) is 8.25. The SMILES string of the molecule is CO[C@H]1[C@@H](S)O[C@@H]2COC(c3ccccc3)O[C@@H]2C1(c1cc(C)cnc1C#N)n1cc(-c2cc(F)c(Cl)c(F)c2)nn1. The van der Waals surface area contributed by atoms with Crippen molar-refractivity contribution in [3.8, 4) is 17.3 Å². The summed E-state index contributed by atoms with van der Waals surface area (Å²) in [5.41, 5.74) is -0.0193. The van der Waals surface area contributed by atoms with Gasteiger partial charge in [0.15, 0.2) is 11.8 Å². The second kappa shape index (κ2) is 11.3. The molecule has 2 aromatic heterocycles. The number of nitriles is 1. The molecule has 0 bridgehead atoms. The van der Waals surface area contributed by atoms with Crippen LogP contribution in [0.2, 0.25) is 5.02 Å². The maximum atomic E-state index is 14.4. The molecule has 0 aliphatic carbocycles. The summed E-state index contributed by atoms with van der Waals surface area (Å²) in [6.07, 6.45) is -0.194. The summed E-state index contributed by atoms with van der Waals surface area (Å²) in [6.45, 7) is 1.96. The van der Waals surface area contributed by atoms with Gasteiger partial charge < -0.3 is 18.9 Å². The summed E-state index contributed by atoms with van der Waals surface area (Å²) in [5, 5.41) is 18.3. The lowest BCUT2D eigenvalue weighted by Crippen LogP contribution is -2.70. The van der Waals surface area contributed by atoms with Crippen LogP contribution in [0, 0.1) is 29.9 Å². The van der Waals surface area contributed by atoms with Crippen molar-refractivity contribution in [2.24, 2.45) is 0 Å². The van der Waals surface area contributed by atoms with Crippen molar-refractivity contribution < 1.29 is 27.7 Å². The number of halogens is 3. The van der Waals surface area contributed by atoms with Crippen LogP contribution in [-0.4, -0.2) is 57.4 Å². The van der Waals surface area contributed by atoms with Crippen molar-refractivity contribution in [2.75, 3.05) is 13.7 Å². The zero-order valence-corrected chi connectivity index (χ0v) is 24.0. The number of fused-ring (bicyclic) bond motifs is 1. The first-order valence-electron chi connectivity index (χ1n) is 12.9. The van der Waals surface area contributed by atoms with Crippen LogP contribution in [0.25, 0.3) is 11.3 Å². The highest BCUT2D eigenvalue weighted by Crippen LogP contribution is 2.49. The number of methoxy groups -OCH3 is 1. The summed E-state index contributed by atoms with van der Waals surface area (Å²) in [5.74, 6) is -1.89. The van der Waals surface area contributed by atoms with Gasteiger partial charge in [-0.3, -0.25) is 0 Å². The Labute approximate surface area is 250 Å². The van der Waals surface area contributed by atoms with Gasteiger partial charge in [-0.25, -0.2) is 18.4 Å². The minimum absolute atomic E-state index is 0.0934. The molecule has 0 radical (unpaired) electrons. The van der Waals surface area contributed by atoms with Gasteiger partial charge in [0.25, 0.3) is 0 Å². The summed E-state index contributed by atoms with van der Waals surface area (Å²) >= 11 is 10.4. The molecule has 0 amide bonds. The van der Waals surface area contributed by atoms with E-state index < -0.39 is 52.2 Å². The molecule has 2 aromatic carbocycles. The third kappa shape index (κ3) is 4.66. The number of aromatic nitrogens is 4. The quantitative estimate of drug-likeness (QED) is 0.249. The molecular weight excluding hydrogens is 588 g/mol. The smallest absolute Gasteiger partial charge is 0.184 e. The van der Waals surface area contributed by atoms with Gasteiger partial charge in [-0.2, -0.15) is 5.26 Å². The number of hydrogen-bond acceptors (Lipinski definition) is 9. The highest BCUT2D eigenvalue weighted by molar-refractivity contribution is 7.80. The first-order chi connectivity index (χ1) is 20.3. The third-order valence-electron chi connectivity index (χ3n) is 7.50. The number of rotatable bonds is 5. The van der Waals surface area contributed by atoms with Gasteiger partial charge >= 0.3 is 0 Å². The van der Waals surface area contributed by atoms with Crippen molar-refractivity contribution in [3.63, 3.8) is 0 Å². The lowest BCUT2D eigenvalue weighted by Gasteiger charge is -2.55. The normalized spacial score (nSPS) is 27.3. The van der Waals surface area contributed by atoms with E-state index in [9.17, 15) is 14.0 Å². The maximum Gasteiger partial charge on any atom is 0.184 e. The van der Waals surface area contributed by atoms with Crippen molar-refractivity contribution in [1.82, 2.24) is 20.0 Å². The summed E-state index contributed by atoms with van der Waals surface area (Å²) in [4.78, 5) is 4.40. The summed E-state index contributed by atoms with van der Waals surface area (Å²) in [6, 6.07) is 15.5. The van der Waals surface area contributed by atoms with Gasteiger partial charge in [-0.1, -0.05) is 47.1 Å². The minimum atomic E-state index is -1.46. The molecule has 4 heterocycles. The number of hydrogen-bond donors (Lipinski definition) is 1. The van der Waals surface area contributed by atoms with Gasteiger partial charge in [-0.05, 0) is 30.7 Å². The van der Waals surface area contributed by atoms with E-state index in [1.165, 1.54) is 18.0 Å². The Balaban J connectivity index is 1.60. The van der Waals surface area contributed by atoms with Gasteiger partial charge in [-0.15, -0.1) is 17.7 Å². The minimum Gasteiger partial charge on any atom is -0.375 e. The molecule has 6 atom stereocenters. The van der Waals surface area contributed by atoms with Crippen LogP contribution in [0.15, 0.2) is 60.9 Å². The molecule has 0 spiro atoms. The van der Waals surface area contributed by atoms with Crippen molar-refractivity contribution in [1.29, 1.82) is 5.26 Å². The summed E-state index contributed by atoms with van der Waals surface area (Å²) < 4.78 is 55.3. The second-order valence-electron chi connectivity index (χ2n) is 10.0. The Kier molecular flexibility index (Phi) is 7.74. The average molecular weight is 612 g/mol. The molecule has 2 fully saturated rings. The van der Waals surface area contributed by atoms with Crippen LogP contribution in [0.4, 0.5) is 8.78 Å². The number of pyridine rings is 1. The molecule has 0 saturated carbocycles. The van der Waals surface area contributed by atoms with E-state index in [1.54, 1.807) is 12.3 Å². The molecule has 2 saturated heterocycles. The van der Waals surface area contributed by atoms with Crippen molar-refractivity contribution >= 4 is 24.2 Å². The van der Waals surface area contributed by atoms with Gasteiger partial charge in [0.1, 0.15) is 57.9 Å². The lowest BCUT2D eigenvalue weighted by atomic mass is 9.74. The molecule has 216 valence electrons. The Morgan fingerprint density at radius 3 is 2.60 bits per heavy atom. The highest BCUT2D eigenvalue weighted by Gasteiger charge is 2.63. The number of benzene rings is 2. The van der Waals surface area contributed by atoms with Crippen LogP contribution in [0.3, 0.4) is 0 Å². The fourth-order valence-corrected chi connectivity index (χ4v) is 6.29. The molecule has 2 unspecified atom stereocenters. The molecule has 13 heteroatoms. The molecule has 42 heavy (non-hydrogen) atoms. The number of ether oxygens (including phenoxy) is 4. The lowest BCUT2D eigenvalue weighted by molar-refractivity contribution is -0.323. The molecule has 9 nitrogen and oxygen atoms in total.